The normalized spacial score (nSPS) is 11.8. The number of nitrogens with one attached hydrogen (secondary N) is 1. The second-order valence-corrected chi connectivity index (χ2v) is 6.29. The Labute approximate surface area is 111 Å². The van der Waals surface area contributed by atoms with Crippen LogP contribution in [0, 0.1) is 11.7 Å². The lowest BCUT2D eigenvalue weighted by molar-refractivity contribution is 0.0691. The second-order valence-electron chi connectivity index (χ2n) is 4.53. The van der Waals surface area contributed by atoms with Gasteiger partial charge in [0.25, 0.3) is 0 Å². The van der Waals surface area contributed by atoms with E-state index in [1.807, 2.05) is 13.8 Å². The minimum Gasteiger partial charge on any atom is -0.478 e. The maximum atomic E-state index is 13.2. The first kappa shape index (κ1) is 15.6. The van der Waals surface area contributed by atoms with Crippen LogP contribution in [0.15, 0.2) is 23.1 Å². The summed E-state index contributed by atoms with van der Waals surface area (Å²) >= 11 is 0. The van der Waals surface area contributed by atoms with Crippen LogP contribution in [0.4, 0.5) is 4.39 Å². The van der Waals surface area contributed by atoms with Crippen molar-refractivity contribution in [2.45, 2.75) is 25.2 Å². The lowest BCUT2D eigenvalue weighted by Gasteiger charge is -2.09. The average molecular weight is 289 g/mol. The summed E-state index contributed by atoms with van der Waals surface area (Å²) in [7, 11) is -3.81. The molecule has 0 aliphatic rings. The van der Waals surface area contributed by atoms with Crippen molar-refractivity contribution in [1.82, 2.24) is 4.72 Å². The molecule has 0 radical (unpaired) electrons. The molecule has 0 aromatic heterocycles. The molecule has 0 amide bonds. The lowest BCUT2D eigenvalue weighted by Crippen LogP contribution is -2.26. The predicted molar refractivity (Wildman–Crippen MR) is 68.0 cm³/mol. The van der Waals surface area contributed by atoms with Gasteiger partial charge in [-0.2, -0.15) is 0 Å². The summed E-state index contributed by atoms with van der Waals surface area (Å²) in [5.41, 5.74) is -0.660. The molecule has 7 heteroatoms. The quantitative estimate of drug-likeness (QED) is 0.837. The van der Waals surface area contributed by atoms with Crippen molar-refractivity contribution in [1.29, 1.82) is 0 Å². The summed E-state index contributed by atoms with van der Waals surface area (Å²) in [4.78, 5) is 10.5. The molecule has 0 fully saturated rings. The van der Waals surface area contributed by atoms with E-state index in [2.05, 4.69) is 4.72 Å². The monoisotopic (exact) mass is 289 g/mol. The summed E-state index contributed by atoms with van der Waals surface area (Å²) in [5, 5.41) is 8.75. The van der Waals surface area contributed by atoms with Gasteiger partial charge in [0.1, 0.15) is 5.82 Å². The fourth-order valence-electron chi connectivity index (χ4n) is 1.40. The summed E-state index contributed by atoms with van der Waals surface area (Å²) in [5.74, 6) is -2.13. The number of benzene rings is 1. The molecule has 19 heavy (non-hydrogen) atoms. The minimum absolute atomic E-state index is 0.250. The molecular formula is C12H16FNO4S. The van der Waals surface area contributed by atoms with Gasteiger partial charge < -0.3 is 5.11 Å². The Morgan fingerprint density at radius 3 is 2.58 bits per heavy atom. The van der Waals surface area contributed by atoms with Gasteiger partial charge in [0, 0.05) is 6.54 Å². The van der Waals surface area contributed by atoms with Crippen molar-refractivity contribution in [2.24, 2.45) is 5.92 Å². The molecule has 1 rings (SSSR count). The highest BCUT2D eigenvalue weighted by molar-refractivity contribution is 7.89. The van der Waals surface area contributed by atoms with Gasteiger partial charge in [0.05, 0.1) is 10.5 Å². The number of aromatic carboxylic acids is 1. The Balaban J connectivity index is 2.96. The van der Waals surface area contributed by atoms with Crippen LogP contribution in [0.3, 0.4) is 0 Å². The third-order valence-corrected chi connectivity index (χ3v) is 3.95. The van der Waals surface area contributed by atoms with Gasteiger partial charge in [-0.3, -0.25) is 0 Å². The van der Waals surface area contributed by atoms with Crippen LogP contribution in [0.1, 0.15) is 30.6 Å². The molecule has 106 valence electrons. The molecule has 0 saturated carbocycles. The van der Waals surface area contributed by atoms with Crippen molar-refractivity contribution >= 4 is 16.0 Å². The topological polar surface area (TPSA) is 83.5 Å². The number of carbonyl (C=O) groups is 1. The summed E-state index contributed by atoms with van der Waals surface area (Å²) in [6, 6.07) is 2.69. The average Bonchev–Trinajstić information content (AvgIpc) is 2.27. The van der Waals surface area contributed by atoms with Crippen LogP contribution in [-0.2, 0) is 10.0 Å². The highest BCUT2D eigenvalue weighted by atomic mass is 32.2. The van der Waals surface area contributed by atoms with E-state index in [1.165, 1.54) is 0 Å². The third-order valence-electron chi connectivity index (χ3n) is 2.49. The smallest absolute Gasteiger partial charge is 0.338 e. The molecule has 1 aromatic rings. The van der Waals surface area contributed by atoms with Gasteiger partial charge in [-0.25, -0.2) is 22.3 Å². The molecule has 0 atom stereocenters. The van der Waals surface area contributed by atoms with Gasteiger partial charge in [0.2, 0.25) is 10.0 Å². The maximum Gasteiger partial charge on any atom is 0.338 e. The minimum atomic E-state index is -3.81. The van der Waals surface area contributed by atoms with E-state index in [0.717, 1.165) is 18.2 Å². The van der Waals surface area contributed by atoms with E-state index in [0.29, 0.717) is 12.3 Å². The molecule has 1 aromatic carbocycles. The van der Waals surface area contributed by atoms with Crippen molar-refractivity contribution in [3.63, 3.8) is 0 Å². The van der Waals surface area contributed by atoms with Crippen molar-refractivity contribution < 1.29 is 22.7 Å². The first-order chi connectivity index (χ1) is 8.74. The van der Waals surface area contributed by atoms with Crippen molar-refractivity contribution in [3.8, 4) is 0 Å². The number of hydrogen-bond acceptors (Lipinski definition) is 3. The first-order valence-corrected chi connectivity index (χ1v) is 7.25. The lowest BCUT2D eigenvalue weighted by atomic mass is 10.1. The third kappa shape index (κ3) is 4.29. The zero-order chi connectivity index (χ0) is 14.6. The number of carboxylic acid groups (broad SMARTS) is 1. The number of sulfonamides is 1. The Bertz CT molecular complexity index is 569. The Hall–Kier alpha value is -1.47. The summed E-state index contributed by atoms with van der Waals surface area (Å²) in [6.45, 7) is 4.16. The molecule has 0 aliphatic carbocycles. The summed E-state index contributed by atoms with van der Waals surface area (Å²) < 4.78 is 39.3. The van der Waals surface area contributed by atoms with Crippen molar-refractivity contribution in [3.05, 3.63) is 29.6 Å². The standard InChI is InChI=1S/C12H16FNO4S/c1-8(2)5-6-14-19(17,18)9-3-4-11(13)10(7-9)12(15)16/h3-4,7-8,14H,5-6H2,1-2H3,(H,15,16). The van der Waals surface area contributed by atoms with E-state index < -0.39 is 27.4 Å². The molecule has 0 heterocycles. The van der Waals surface area contributed by atoms with Crippen LogP contribution in [0.25, 0.3) is 0 Å². The van der Waals surface area contributed by atoms with Crippen LogP contribution in [-0.4, -0.2) is 26.0 Å². The van der Waals surface area contributed by atoms with Gasteiger partial charge in [0.15, 0.2) is 0 Å². The van der Waals surface area contributed by atoms with Crippen LogP contribution >= 0.6 is 0 Å². The van der Waals surface area contributed by atoms with Crippen LogP contribution in [0.2, 0.25) is 0 Å². The first-order valence-electron chi connectivity index (χ1n) is 5.76. The van der Waals surface area contributed by atoms with Gasteiger partial charge in [-0.15, -0.1) is 0 Å². The van der Waals surface area contributed by atoms with Crippen molar-refractivity contribution in [2.75, 3.05) is 6.54 Å². The second kappa shape index (κ2) is 6.12. The number of carboxylic acids is 1. The SMILES string of the molecule is CC(C)CCNS(=O)(=O)c1ccc(F)c(C(=O)O)c1. The van der Waals surface area contributed by atoms with Gasteiger partial charge in [-0.1, -0.05) is 13.8 Å². The molecule has 0 unspecified atom stereocenters. The van der Waals surface area contributed by atoms with Gasteiger partial charge >= 0.3 is 5.97 Å². The Morgan fingerprint density at radius 2 is 2.05 bits per heavy atom. The fourth-order valence-corrected chi connectivity index (χ4v) is 2.47. The number of halogens is 1. The van der Waals surface area contributed by atoms with E-state index in [1.54, 1.807) is 0 Å². The van der Waals surface area contributed by atoms with E-state index >= 15 is 0 Å². The molecule has 0 saturated heterocycles. The molecule has 0 spiro atoms. The molecular weight excluding hydrogens is 273 g/mol. The molecule has 5 nitrogen and oxygen atoms in total. The van der Waals surface area contributed by atoms with Crippen LogP contribution < -0.4 is 4.72 Å². The highest BCUT2D eigenvalue weighted by Crippen LogP contribution is 2.15. The van der Waals surface area contributed by atoms with Gasteiger partial charge in [-0.05, 0) is 30.5 Å². The largest absolute Gasteiger partial charge is 0.478 e. The number of hydrogen-bond donors (Lipinski definition) is 2. The fraction of sp³-hybridized carbons (Fsp3) is 0.417. The highest BCUT2D eigenvalue weighted by Gasteiger charge is 2.18. The molecule has 0 bridgehead atoms. The maximum absolute atomic E-state index is 13.2. The van der Waals surface area contributed by atoms with E-state index in [4.69, 9.17) is 5.11 Å². The molecule has 0 aliphatic heterocycles. The van der Waals surface area contributed by atoms with Crippen LogP contribution in [0.5, 0.6) is 0 Å². The molecule has 2 N–H and O–H groups in total. The zero-order valence-electron chi connectivity index (χ0n) is 10.7. The van der Waals surface area contributed by atoms with E-state index in [-0.39, 0.29) is 11.4 Å². The number of rotatable bonds is 6. The summed E-state index contributed by atoms with van der Waals surface area (Å²) in [6.07, 6.45) is 0.659. The Morgan fingerprint density at radius 1 is 1.42 bits per heavy atom. The zero-order valence-corrected chi connectivity index (χ0v) is 11.5. The van der Waals surface area contributed by atoms with E-state index in [9.17, 15) is 17.6 Å². The predicted octanol–water partition coefficient (Wildman–Crippen LogP) is 1.85. The Kier molecular flexibility index (Phi) is 5.02.